The maximum atomic E-state index is 6.65. The van der Waals surface area contributed by atoms with Crippen molar-refractivity contribution in [2.24, 2.45) is 0 Å². The second-order valence-electron chi connectivity index (χ2n) is 16.8. The van der Waals surface area contributed by atoms with Gasteiger partial charge >= 0.3 is 0 Å². The Labute approximate surface area is 371 Å². The minimum Gasteiger partial charge on any atom is -0.456 e. The molecular weight excluding hydrogens is 797 g/mol. The van der Waals surface area contributed by atoms with Gasteiger partial charge in [0.05, 0.1) is 16.7 Å². The molecule has 4 heterocycles. The van der Waals surface area contributed by atoms with E-state index in [-0.39, 0.29) is 0 Å². The summed E-state index contributed by atoms with van der Waals surface area (Å²) in [5, 5.41) is 11.3. The van der Waals surface area contributed by atoms with Crippen LogP contribution >= 0.6 is 0 Å². The van der Waals surface area contributed by atoms with Crippen LogP contribution in [0.1, 0.15) is 0 Å². The minimum absolute atomic E-state index is 0.524. The Morgan fingerprint density at radius 2 is 0.862 bits per heavy atom. The molecule has 0 aliphatic carbocycles. The van der Waals surface area contributed by atoms with Crippen molar-refractivity contribution in [1.82, 2.24) is 19.5 Å². The summed E-state index contributed by atoms with van der Waals surface area (Å²) in [5.41, 5.74) is 11.1. The van der Waals surface area contributed by atoms with Gasteiger partial charge in [0.2, 0.25) is 0 Å². The SMILES string of the molecule is c1ccc(-c2ccc(-c3nc(-c4ccc5c(c4)oc4ccccc45)nc(-c4cc5oc6ccccc6c5cc4-n4c5cc6ccccc6cc5c5c6ccccc6ccc54)n3)cc2)cc1. The normalized spacial score (nSPS) is 12.0. The Bertz CT molecular complexity index is 4240. The van der Waals surface area contributed by atoms with Gasteiger partial charge in [-0.2, -0.15) is 0 Å². The third-order valence-corrected chi connectivity index (χ3v) is 13.0. The van der Waals surface area contributed by atoms with Crippen molar-refractivity contribution in [3.05, 3.63) is 206 Å². The van der Waals surface area contributed by atoms with E-state index in [0.29, 0.717) is 17.5 Å². The molecule has 0 saturated heterocycles. The molecular formula is C59H34N4O2. The molecule has 0 aliphatic rings. The number of furan rings is 2. The van der Waals surface area contributed by atoms with E-state index in [4.69, 9.17) is 23.8 Å². The van der Waals surface area contributed by atoms with E-state index >= 15 is 0 Å². The number of hydrogen-bond donors (Lipinski definition) is 0. The quantitative estimate of drug-likeness (QED) is 0.173. The fraction of sp³-hybridized carbons (Fsp3) is 0. The molecule has 0 bridgehead atoms. The molecule has 10 aromatic carbocycles. The Hall–Kier alpha value is -8.87. The van der Waals surface area contributed by atoms with Gasteiger partial charge in [0, 0.05) is 49.0 Å². The van der Waals surface area contributed by atoms with Gasteiger partial charge in [0.1, 0.15) is 22.3 Å². The average Bonchev–Trinajstić information content (AvgIpc) is 4.04. The van der Waals surface area contributed by atoms with Crippen LogP contribution in [0.3, 0.4) is 0 Å². The molecule has 0 saturated carbocycles. The molecule has 4 aromatic heterocycles. The molecule has 65 heavy (non-hydrogen) atoms. The van der Waals surface area contributed by atoms with Crippen LogP contribution in [0, 0.1) is 0 Å². The summed E-state index contributed by atoms with van der Waals surface area (Å²) in [7, 11) is 0. The van der Waals surface area contributed by atoms with Crippen molar-refractivity contribution < 1.29 is 8.83 Å². The third-order valence-electron chi connectivity index (χ3n) is 13.0. The number of para-hydroxylation sites is 2. The van der Waals surface area contributed by atoms with E-state index in [1.54, 1.807) is 0 Å². The highest BCUT2D eigenvalue weighted by Crippen LogP contribution is 2.44. The lowest BCUT2D eigenvalue weighted by Crippen LogP contribution is -2.04. The lowest BCUT2D eigenvalue weighted by molar-refractivity contribution is 0.668. The van der Waals surface area contributed by atoms with E-state index in [2.05, 4.69) is 168 Å². The molecule has 0 spiro atoms. The first-order valence-electron chi connectivity index (χ1n) is 21.8. The van der Waals surface area contributed by atoms with Gasteiger partial charge in [-0.3, -0.25) is 0 Å². The van der Waals surface area contributed by atoms with Crippen molar-refractivity contribution in [3.63, 3.8) is 0 Å². The first kappa shape index (κ1) is 35.7. The number of nitrogens with zero attached hydrogens (tertiary/aromatic N) is 4. The highest BCUT2D eigenvalue weighted by Gasteiger charge is 2.24. The van der Waals surface area contributed by atoms with Gasteiger partial charge in [-0.25, -0.2) is 15.0 Å². The van der Waals surface area contributed by atoms with Crippen LogP contribution in [0.4, 0.5) is 0 Å². The number of aromatic nitrogens is 4. The minimum atomic E-state index is 0.524. The second-order valence-corrected chi connectivity index (χ2v) is 16.8. The largest absolute Gasteiger partial charge is 0.456 e. The molecule has 0 radical (unpaired) electrons. The fourth-order valence-corrected chi connectivity index (χ4v) is 9.92. The van der Waals surface area contributed by atoms with Crippen LogP contribution in [-0.2, 0) is 0 Å². The summed E-state index contributed by atoms with van der Waals surface area (Å²) < 4.78 is 15.4. The molecule has 0 amide bonds. The molecule has 14 rings (SSSR count). The summed E-state index contributed by atoms with van der Waals surface area (Å²) in [6, 6.07) is 72.3. The Morgan fingerprint density at radius 3 is 1.63 bits per heavy atom. The van der Waals surface area contributed by atoms with Crippen LogP contribution in [-0.4, -0.2) is 19.5 Å². The Morgan fingerprint density at radius 1 is 0.308 bits per heavy atom. The Balaban J connectivity index is 1.08. The summed E-state index contributed by atoms with van der Waals surface area (Å²) in [5.74, 6) is 1.62. The van der Waals surface area contributed by atoms with Crippen LogP contribution < -0.4 is 0 Å². The van der Waals surface area contributed by atoms with Gasteiger partial charge in [-0.1, -0.05) is 152 Å². The van der Waals surface area contributed by atoms with Gasteiger partial charge in [0.25, 0.3) is 0 Å². The maximum absolute atomic E-state index is 6.65. The first-order valence-corrected chi connectivity index (χ1v) is 21.8. The number of fused-ring (bicyclic) bond motifs is 12. The molecule has 0 atom stereocenters. The Kier molecular flexibility index (Phi) is 7.59. The lowest BCUT2D eigenvalue weighted by atomic mass is 10.0. The zero-order valence-electron chi connectivity index (χ0n) is 34.7. The maximum Gasteiger partial charge on any atom is 0.166 e. The number of hydrogen-bond acceptors (Lipinski definition) is 5. The molecule has 6 heteroatoms. The van der Waals surface area contributed by atoms with Crippen molar-refractivity contribution in [2.45, 2.75) is 0 Å². The summed E-state index contributed by atoms with van der Waals surface area (Å²) in [6.07, 6.45) is 0. The van der Waals surface area contributed by atoms with Crippen molar-refractivity contribution in [1.29, 1.82) is 0 Å². The van der Waals surface area contributed by atoms with E-state index < -0.39 is 0 Å². The lowest BCUT2D eigenvalue weighted by Gasteiger charge is -2.15. The molecule has 6 nitrogen and oxygen atoms in total. The van der Waals surface area contributed by atoms with Gasteiger partial charge in [-0.15, -0.1) is 0 Å². The summed E-state index contributed by atoms with van der Waals surface area (Å²) >= 11 is 0. The van der Waals surface area contributed by atoms with Crippen molar-refractivity contribution in [2.75, 3.05) is 0 Å². The predicted molar refractivity (Wildman–Crippen MR) is 265 cm³/mol. The van der Waals surface area contributed by atoms with E-state index in [0.717, 1.165) is 93.8 Å². The van der Waals surface area contributed by atoms with Gasteiger partial charge < -0.3 is 13.4 Å². The zero-order chi connectivity index (χ0) is 42.6. The van der Waals surface area contributed by atoms with E-state index in [1.165, 1.54) is 26.9 Å². The van der Waals surface area contributed by atoms with Crippen LogP contribution in [0.5, 0.6) is 0 Å². The van der Waals surface area contributed by atoms with Crippen molar-refractivity contribution in [3.8, 4) is 51.0 Å². The van der Waals surface area contributed by atoms with Gasteiger partial charge in [-0.05, 0) is 87.3 Å². The van der Waals surface area contributed by atoms with Gasteiger partial charge in [0.15, 0.2) is 17.5 Å². The topological polar surface area (TPSA) is 69.9 Å². The second kappa shape index (κ2) is 13.8. The van der Waals surface area contributed by atoms with Crippen LogP contribution in [0.2, 0.25) is 0 Å². The highest BCUT2D eigenvalue weighted by atomic mass is 16.3. The summed E-state index contributed by atoms with van der Waals surface area (Å²) in [4.78, 5) is 16.0. The molecule has 0 unspecified atom stereocenters. The molecule has 302 valence electrons. The highest BCUT2D eigenvalue weighted by molar-refractivity contribution is 6.24. The van der Waals surface area contributed by atoms with E-state index in [9.17, 15) is 0 Å². The average molecular weight is 831 g/mol. The van der Waals surface area contributed by atoms with Crippen LogP contribution in [0.25, 0.3) is 138 Å². The number of benzene rings is 10. The van der Waals surface area contributed by atoms with Crippen molar-refractivity contribution >= 4 is 87.2 Å². The molecule has 0 N–H and O–H groups in total. The summed E-state index contributed by atoms with van der Waals surface area (Å²) in [6.45, 7) is 0. The molecule has 0 fully saturated rings. The smallest absolute Gasteiger partial charge is 0.166 e. The standard InChI is InChI=1S/C59H34N4O2/c1-2-12-35(13-3-1)36-22-24-38(25-23-36)57-60-58(41-26-28-45-43-18-8-10-20-52(43)64-54(45)32-41)62-59(61-57)48-34-55-46(44-19-9-11-21-53(44)65-55)33-51(48)63-49-29-27-37-14-6-7-17-42(37)56(49)47-30-39-15-4-5-16-40(39)31-50(47)63/h1-34H. The molecule has 14 aromatic rings. The third kappa shape index (κ3) is 5.57. The fourth-order valence-electron chi connectivity index (χ4n) is 9.92. The monoisotopic (exact) mass is 830 g/mol. The molecule has 0 aliphatic heterocycles. The first-order chi connectivity index (χ1) is 32.2. The van der Waals surface area contributed by atoms with Crippen LogP contribution in [0.15, 0.2) is 215 Å². The zero-order valence-corrected chi connectivity index (χ0v) is 34.7. The van der Waals surface area contributed by atoms with E-state index in [1.807, 2.05) is 42.5 Å². The predicted octanol–water partition coefficient (Wildman–Crippen LogP) is 15.7. The number of rotatable bonds is 5.